The second-order valence-corrected chi connectivity index (χ2v) is 10.8. The molecule has 0 radical (unpaired) electrons. The van der Waals surface area contributed by atoms with Crippen molar-refractivity contribution >= 4 is 47.9 Å². The van der Waals surface area contributed by atoms with Gasteiger partial charge in [-0.2, -0.15) is 8.62 Å². The molecule has 2 heterocycles. The molecule has 0 saturated carbocycles. The van der Waals surface area contributed by atoms with E-state index in [9.17, 15) is 28.1 Å². The number of H-pyrrole nitrogens is 1. The molecule has 0 amide bonds. The minimum atomic E-state index is -5.81. The number of nitrogens with zero attached hydrogens (tertiary/aromatic N) is 1. The van der Waals surface area contributed by atoms with Gasteiger partial charge in [-0.05, 0) is 25.2 Å². The zero-order valence-corrected chi connectivity index (χ0v) is 18.3. The first-order valence-electron chi connectivity index (χ1n) is 7.11. The predicted molar refractivity (Wildman–Crippen MR) is 94.8 cm³/mol. The van der Waals surface area contributed by atoms with Crippen LogP contribution in [0.15, 0.2) is 12.3 Å². The Bertz CT molecular complexity index is 1040. The van der Waals surface area contributed by atoms with E-state index in [1.54, 1.807) is 0 Å². The number of aromatic nitrogens is 2. The van der Waals surface area contributed by atoms with E-state index < -0.39 is 47.8 Å². The summed E-state index contributed by atoms with van der Waals surface area (Å²) in [5, 5.41) is 10.1. The maximum atomic E-state index is 14.6. The maximum Gasteiger partial charge on any atom is 0.490 e. The molecule has 0 aromatic carbocycles. The van der Waals surface area contributed by atoms with Crippen molar-refractivity contribution in [3.63, 3.8) is 0 Å². The number of aliphatic hydroxyl groups is 1. The molecular weight excluding hydrogens is 504 g/mol. The Labute approximate surface area is 171 Å². The Morgan fingerprint density at radius 2 is 1.79 bits per heavy atom. The smallest absolute Gasteiger partial charge is 0.384 e. The van der Waals surface area contributed by atoms with Crippen molar-refractivity contribution in [2.45, 2.75) is 31.2 Å². The third-order valence-electron chi connectivity index (χ3n) is 3.30. The van der Waals surface area contributed by atoms with E-state index in [1.807, 2.05) is 0 Å². The number of ether oxygens (including phenoxy) is 1. The predicted octanol–water partition coefficient (Wildman–Crippen LogP) is 1.56. The first-order chi connectivity index (χ1) is 12.9. The normalized spacial score (nSPS) is 31.9. The zero-order chi connectivity index (χ0) is 22.4. The molecule has 29 heavy (non-hydrogen) atoms. The molecule has 20 heteroatoms. The molecule has 2 unspecified atom stereocenters. The Hall–Kier alpha value is -0.220. The summed E-state index contributed by atoms with van der Waals surface area (Å²) >= 11 is 9.80. The lowest BCUT2D eigenvalue weighted by atomic mass is 10.1. The van der Waals surface area contributed by atoms with Crippen LogP contribution in [0.2, 0.25) is 0 Å². The van der Waals surface area contributed by atoms with Gasteiger partial charge in [-0.15, -0.1) is 0 Å². The third kappa shape index (κ3) is 6.38. The Morgan fingerprint density at radius 1 is 1.21 bits per heavy atom. The SMILES string of the molecule is C[C@]1(OP(=O)(O)OP(=O)(O)OP(=O)(O)O)O[C@@H](n2ccc(=S)[nH]c2=S)[C@@H](F)[C@H]1O. The van der Waals surface area contributed by atoms with Crippen LogP contribution in [-0.2, 0) is 31.6 Å². The zero-order valence-electron chi connectivity index (χ0n) is 14.0. The monoisotopic (exact) mass is 518 g/mol. The van der Waals surface area contributed by atoms with E-state index in [0.717, 1.165) is 11.5 Å². The molecule has 1 aromatic heterocycles. The summed E-state index contributed by atoms with van der Waals surface area (Å²) in [6.07, 6.45) is -4.98. The fraction of sp³-hybridized carbons (Fsp3) is 0.556. The summed E-state index contributed by atoms with van der Waals surface area (Å²) in [5.41, 5.74) is 0. The number of aromatic amines is 1. The van der Waals surface area contributed by atoms with E-state index in [4.69, 9.17) is 43.9 Å². The van der Waals surface area contributed by atoms with Gasteiger partial charge in [0.15, 0.2) is 17.2 Å². The molecule has 0 aliphatic carbocycles. The summed E-state index contributed by atoms with van der Waals surface area (Å²) < 4.78 is 66.3. The number of hydrogen-bond acceptors (Lipinski definition) is 10. The average molecular weight is 518 g/mol. The number of phosphoric acid groups is 3. The van der Waals surface area contributed by atoms with Gasteiger partial charge in [-0.1, -0.05) is 12.2 Å². The van der Waals surface area contributed by atoms with E-state index in [1.165, 1.54) is 12.3 Å². The van der Waals surface area contributed by atoms with Gasteiger partial charge in [-0.25, -0.2) is 18.1 Å². The van der Waals surface area contributed by atoms with Crippen molar-refractivity contribution in [1.82, 2.24) is 9.55 Å². The van der Waals surface area contributed by atoms with Crippen molar-refractivity contribution in [3.05, 3.63) is 21.7 Å². The minimum absolute atomic E-state index is 0.125. The van der Waals surface area contributed by atoms with Crippen molar-refractivity contribution in [1.29, 1.82) is 0 Å². The van der Waals surface area contributed by atoms with Crippen LogP contribution in [-0.4, -0.2) is 52.3 Å². The van der Waals surface area contributed by atoms with Gasteiger partial charge in [-0.3, -0.25) is 9.09 Å². The lowest BCUT2D eigenvalue weighted by molar-refractivity contribution is -0.214. The van der Waals surface area contributed by atoms with Crippen molar-refractivity contribution in [2.24, 2.45) is 0 Å². The Morgan fingerprint density at radius 3 is 2.31 bits per heavy atom. The van der Waals surface area contributed by atoms with Crippen LogP contribution in [0.1, 0.15) is 13.2 Å². The quantitative estimate of drug-likeness (QED) is 0.224. The summed E-state index contributed by atoms with van der Waals surface area (Å²) in [7, 11) is -17.1. The van der Waals surface area contributed by atoms with Crippen LogP contribution in [0.3, 0.4) is 0 Å². The van der Waals surface area contributed by atoms with E-state index in [-0.39, 0.29) is 9.41 Å². The second kappa shape index (κ2) is 8.37. The van der Waals surface area contributed by atoms with Crippen molar-refractivity contribution in [2.75, 3.05) is 0 Å². The molecule has 6 N–H and O–H groups in total. The highest BCUT2D eigenvalue weighted by Gasteiger charge is 2.58. The average Bonchev–Trinajstić information content (AvgIpc) is 2.67. The number of halogens is 1. The van der Waals surface area contributed by atoms with Gasteiger partial charge in [0.25, 0.3) is 0 Å². The number of aliphatic hydroxyl groups excluding tert-OH is 1. The molecule has 6 atom stereocenters. The van der Waals surface area contributed by atoms with Crippen LogP contribution < -0.4 is 0 Å². The molecule has 1 saturated heterocycles. The molecule has 1 fully saturated rings. The van der Waals surface area contributed by atoms with Crippen molar-refractivity contribution in [3.8, 4) is 0 Å². The van der Waals surface area contributed by atoms with Gasteiger partial charge in [0, 0.05) is 6.20 Å². The second-order valence-electron chi connectivity index (χ2n) is 5.61. The highest BCUT2D eigenvalue weighted by Crippen LogP contribution is 2.67. The topological polar surface area (TPSA) is 210 Å². The molecule has 2 rings (SSSR count). The lowest BCUT2D eigenvalue weighted by Crippen LogP contribution is -2.41. The molecule has 14 nitrogen and oxygen atoms in total. The molecule has 1 aliphatic rings. The fourth-order valence-corrected chi connectivity index (χ4v) is 6.00. The molecule has 166 valence electrons. The summed E-state index contributed by atoms with van der Waals surface area (Å²) in [6.45, 7) is 0.803. The van der Waals surface area contributed by atoms with Gasteiger partial charge >= 0.3 is 23.5 Å². The van der Waals surface area contributed by atoms with E-state index in [2.05, 4.69) is 18.1 Å². The summed E-state index contributed by atoms with van der Waals surface area (Å²) in [4.78, 5) is 38.3. The highest BCUT2D eigenvalue weighted by atomic mass is 32.1. The van der Waals surface area contributed by atoms with E-state index in [0.29, 0.717) is 0 Å². The largest absolute Gasteiger partial charge is 0.490 e. The van der Waals surface area contributed by atoms with Crippen LogP contribution in [0.5, 0.6) is 0 Å². The number of rotatable bonds is 7. The van der Waals surface area contributed by atoms with Gasteiger partial charge in [0.2, 0.25) is 5.79 Å². The standard InChI is InChI=1S/C9H14FN2O12P3S2/c1-9(22-26(17,18)24-27(19,20)23-25(14,15)16)6(13)5(10)7(21-9)12-3-2-4(28)11-8(12)29/h2-3,5-7,13H,1H3,(H,17,18)(H,19,20)(H,11,28,29)(H2,14,15,16)/t5-,6+,7+,9+/m0/s1. The van der Waals surface area contributed by atoms with Gasteiger partial charge in [0.1, 0.15) is 10.7 Å². The van der Waals surface area contributed by atoms with Gasteiger partial charge < -0.3 is 34.4 Å². The molecule has 0 spiro atoms. The van der Waals surface area contributed by atoms with Crippen LogP contribution in [0.25, 0.3) is 0 Å². The highest BCUT2D eigenvalue weighted by molar-refractivity contribution is 7.72. The number of phosphoric ester groups is 1. The Balaban J connectivity index is 2.26. The first-order valence-corrected chi connectivity index (χ1v) is 12.4. The molecule has 1 aliphatic heterocycles. The van der Waals surface area contributed by atoms with Crippen LogP contribution in [0.4, 0.5) is 4.39 Å². The van der Waals surface area contributed by atoms with Crippen LogP contribution >= 0.6 is 47.9 Å². The Kier molecular flexibility index (Phi) is 7.23. The summed E-state index contributed by atoms with van der Waals surface area (Å²) in [6, 6.07) is 1.31. The molecular formula is C9H14FN2O12P3S2. The minimum Gasteiger partial charge on any atom is -0.384 e. The number of hydrogen-bond donors (Lipinski definition) is 6. The molecule has 1 aromatic rings. The van der Waals surface area contributed by atoms with Gasteiger partial charge in [0.05, 0.1) is 0 Å². The summed E-state index contributed by atoms with van der Waals surface area (Å²) in [5.74, 6) is -2.63. The third-order valence-corrected chi connectivity index (χ3v) is 7.78. The number of nitrogens with one attached hydrogen (secondary N) is 1. The maximum absolute atomic E-state index is 14.6. The lowest BCUT2D eigenvalue weighted by Gasteiger charge is -2.29. The van der Waals surface area contributed by atoms with Crippen LogP contribution in [0, 0.1) is 9.41 Å². The fourth-order valence-electron chi connectivity index (χ4n) is 2.26. The molecule has 0 bridgehead atoms. The first kappa shape index (κ1) is 25.0. The van der Waals surface area contributed by atoms with E-state index >= 15 is 0 Å². The number of alkyl halides is 1. The van der Waals surface area contributed by atoms with Crippen molar-refractivity contribution < 1.29 is 60.6 Å².